The second-order valence-electron chi connectivity index (χ2n) is 5.59. The molecule has 1 aliphatic rings. The summed E-state index contributed by atoms with van der Waals surface area (Å²) in [6.07, 6.45) is 1.78. The lowest BCUT2D eigenvalue weighted by Gasteiger charge is -2.30. The Balaban J connectivity index is 1.73. The zero-order chi connectivity index (χ0) is 13.9. The standard InChI is InChI=1S/C17H20N2O/c18-17(20)14-8-10-19(11-9-14)12-15-6-3-5-13-4-1-2-7-16(13)15/h1-7,14H,8-12H2,(H2,18,20). The molecule has 0 aliphatic carbocycles. The van der Waals surface area contributed by atoms with Gasteiger partial charge in [0.25, 0.3) is 0 Å². The monoisotopic (exact) mass is 268 g/mol. The highest BCUT2D eigenvalue weighted by molar-refractivity contribution is 5.85. The molecule has 0 saturated carbocycles. The number of carbonyl (C=O) groups is 1. The summed E-state index contributed by atoms with van der Waals surface area (Å²) in [5, 5.41) is 2.61. The minimum absolute atomic E-state index is 0.0683. The van der Waals surface area contributed by atoms with Crippen LogP contribution in [0.2, 0.25) is 0 Å². The molecule has 3 nitrogen and oxygen atoms in total. The van der Waals surface area contributed by atoms with Crippen molar-refractivity contribution >= 4 is 16.7 Å². The lowest BCUT2D eigenvalue weighted by molar-refractivity contribution is -0.123. The normalized spacial score (nSPS) is 17.4. The first kappa shape index (κ1) is 13.1. The van der Waals surface area contributed by atoms with Gasteiger partial charge in [-0.25, -0.2) is 0 Å². The SMILES string of the molecule is NC(=O)C1CCN(Cc2cccc3ccccc23)CC1. The van der Waals surface area contributed by atoms with Crippen LogP contribution in [-0.4, -0.2) is 23.9 Å². The molecule has 0 bridgehead atoms. The molecule has 20 heavy (non-hydrogen) atoms. The van der Waals surface area contributed by atoms with Gasteiger partial charge in [-0.3, -0.25) is 9.69 Å². The summed E-state index contributed by atoms with van der Waals surface area (Å²) >= 11 is 0. The Morgan fingerprint density at radius 2 is 1.80 bits per heavy atom. The highest BCUT2D eigenvalue weighted by atomic mass is 16.1. The fraction of sp³-hybridized carbons (Fsp3) is 0.353. The predicted molar refractivity (Wildman–Crippen MR) is 81.1 cm³/mol. The minimum atomic E-state index is -0.144. The molecule has 1 aliphatic heterocycles. The fourth-order valence-electron chi connectivity index (χ4n) is 3.05. The summed E-state index contributed by atoms with van der Waals surface area (Å²) in [6.45, 7) is 2.86. The highest BCUT2D eigenvalue weighted by Gasteiger charge is 2.23. The van der Waals surface area contributed by atoms with Crippen LogP contribution in [0.4, 0.5) is 0 Å². The Morgan fingerprint density at radius 1 is 1.10 bits per heavy atom. The molecule has 3 heteroatoms. The predicted octanol–water partition coefficient (Wildman–Crippen LogP) is 2.54. The number of likely N-dealkylation sites (tertiary alicyclic amines) is 1. The molecule has 1 amide bonds. The van der Waals surface area contributed by atoms with E-state index >= 15 is 0 Å². The van der Waals surface area contributed by atoms with Crippen molar-refractivity contribution in [3.63, 3.8) is 0 Å². The Bertz CT molecular complexity index is 610. The second kappa shape index (κ2) is 5.63. The van der Waals surface area contributed by atoms with Crippen LogP contribution >= 0.6 is 0 Å². The number of primary amides is 1. The van der Waals surface area contributed by atoms with E-state index in [9.17, 15) is 4.79 Å². The smallest absolute Gasteiger partial charge is 0.220 e. The van der Waals surface area contributed by atoms with Gasteiger partial charge in [0.15, 0.2) is 0 Å². The zero-order valence-corrected chi connectivity index (χ0v) is 11.6. The van der Waals surface area contributed by atoms with E-state index in [1.165, 1.54) is 16.3 Å². The van der Waals surface area contributed by atoms with Gasteiger partial charge in [0.1, 0.15) is 0 Å². The molecule has 104 valence electrons. The van der Waals surface area contributed by atoms with Gasteiger partial charge in [0.2, 0.25) is 5.91 Å². The third-order valence-corrected chi connectivity index (χ3v) is 4.26. The molecular formula is C17H20N2O. The summed E-state index contributed by atoms with van der Waals surface area (Å²) in [7, 11) is 0. The van der Waals surface area contributed by atoms with E-state index < -0.39 is 0 Å². The molecule has 2 N–H and O–H groups in total. The number of piperidine rings is 1. The van der Waals surface area contributed by atoms with Crippen molar-refractivity contribution in [1.82, 2.24) is 4.90 Å². The Kier molecular flexibility index (Phi) is 3.70. The molecule has 2 aromatic carbocycles. The number of hydrogen-bond acceptors (Lipinski definition) is 2. The maximum Gasteiger partial charge on any atom is 0.220 e. The van der Waals surface area contributed by atoms with E-state index in [4.69, 9.17) is 5.73 Å². The van der Waals surface area contributed by atoms with Crippen molar-refractivity contribution in [2.24, 2.45) is 11.7 Å². The molecule has 0 spiro atoms. The Hall–Kier alpha value is -1.87. The van der Waals surface area contributed by atoms with Gasteiger partial charge < -0.3 is 5.73 Å². The van der Waals surface area contributed by atoms with Crippen LogP contribution in [-0.2, 0) is 11.3 Å². The number of nitrogens with two attached hydrogens (primary N) is 1. The van der Waals surface area contributed by atoms with E-state index in [1.807, 2.05) is 0 Å². The summed E-state index contributed by atoms with van der Waals surface area (Å²) < 4.78 is 0. The molecule has 1 saturated heterocycles. The molecule has 1 fully saturated rings. The lowest BCUT2D eigenvalue weighted by atomic mass is 9.95. The van der Waals surface area contributed by atoms with Gasteiger partial charge in [-0.15, -0.1) is 0 Å². The van der Waals surface area contributed by atoms with Gasteiger partial charge in [-0.05, 0) is 42.3 Å². The summed E-state index contributed by atoms with van der Waals surface area (Å²) in [6, 6.07) is 15.0. The molecule has 0 aromatic heterocycles. The van der Waals surface area contributed by atoms with Crippen molar-refractivity contribution in [1.29, 1.82) is 0 Å². The first-order valence-corrected chi connectivity index (χ1v) is 7.22. The lowest BCUT2D eigenvalue weighted by Crippen LogP contribution is -2.38. The summed E-state index contributed by atoms with van der Waals surface area (Å²) in [4.78, 5) is 13.6. The van der Waals surface area contributed by atoms with Gasteiger partial charge in [-0.2, -0.15) is 0 Å². The second-order valence-corrected chi connectivity index (χ2v) is 5.59. The molecular weight excluding hydrogens is 248 g/mol. The van der Waals surface area contributed by atoms with Crippen LogP contribution in [0.15, 0.2) is 42.5 Å². The van der Waals surface area contributed by atoms with Crippen LogP contribution < -0.4 is 5.73 Å². The van der Waals surface area contributed by atoms with Gasteiger partial charge in [-0.1, -0.05) is 42.5 Å². The third-order valence-electron chi connectivity index (χ3n) is 4.26. The quantitative estimate of drug-likeness (QED) is 0.930. The van der Waals surface area contributed by atoms with E-state index in [0.717, 1.165) is 32.5 Å². The third kappa shape index (κ3) is 2.68. The van der Waals surface area contributed by atoms with E-state index in [0.29, 0.717) is 0 Å². The average Bonchev–Trinajstić information content (AvgIpc) is 2.48. The highest BCUT2D eigenvalue weighted by Crippen LogP contribution is 2.23. The average molecular weight is 268 g/mol. The molecule has 2 aromatic rings. The first-order valence-electron chi connectivity index (χ1n) is 7.22. The van der Waals surface area contributed by atoms with Crippen LogP contribution in [0.1, 0.15) is 18.4 Å². The molecule has 0 atom stereocenters. The van der Waals surface area contributed by atoms with E-state index in [2.05, 4.69) is 47.4 Å². The van der Waals surface area contributed by atoms with E-state index in [-0.39, 0.29) is 11.8 Å². The van der Waals surface area contributed by atoms with Gasteiger partial charge in [0, 0.05) is 12.5 Å². The first-order chi connectivity index (χ1) is 9.74. The van der Waals surface area contributed by atoms with Crippen LogP contribution in [0, 0.1) is 5.92 Å². The van der Waals surface area contributed by atoms with E-state index in [1.54, 1.807) is 0 Å². The zero-order valence-electron chi connectivity index (χ0n) is 11.6. The van der Waals surface area contributed by atoms with Crippen LogP contribution in [0.25, 0.3) is 10.8 Å². The molecule has 0 radical (unpaired) electrons. The number of rotatable bonds is 3. The Morgan fingerprint density at radius 3 is 2.55 bits per heavy atom. The number of benzene rings is 2. The van der Waals surface area contributed by atoms with Crippen molar-refractivity contribution in [2.45, 2.75) is 19.4 Å². The summed E-state index contributed by atoms with van der Waals surface area (Å²) in [5.41, 5.74) is 6.74. The Labute approximate surface area is 119 Å². The van der Waals surface area contributed by atoms with Crippen molar-refractivity contribution in [3.8, 4) is 0 Å². The van der Waals surface area contributed by atoms with Gasteiger partial charge >= 0.3 is 0 Å². The number of nitrogens with zero attached hydrogens (tertiary/aromatic N) is 1. The van der Waals surface area contributed by atoms with Crippen molar-refractivity contribution < 1.29 is 4.79 Å². The fourth-order valence-corrected chi connectivity index (χ4v) is 3.05. The minimum Gasteiger partial charge on any atom is -0.369 e. The largest absolute Gasteiger partial charge is 0.369 e. The number of carbonyl (C=O) groups excluding carboxylic acids is 1. The molecule has 3 rings (SSSR count). The number of hydrogen-bond donors (Lipinski definition) is 1. The molecule has 1 heterocycles. The maximum atomic E-state index is 11.2. The topological polar surface area (TPSA) is 46.3 Å². The van der Waals surface area contributed by atoms with Crippen LogP contribution in [0.3, 0.4) is 0 Å². The summed E-state index contributed by atoms with van der Waals surface area (Å²) in [5.74, 6) is -0.0754. The number of amides is 1. The van der Waals surface area contributed by atoms with Crippen molar-refractivity contribution in [3.05, 3.63) is 48.0 Å². The maximum absolute atomic E-state index is 11.2. The van der Waals surface area contributed by atoms with Gasteiger partial charge in [0.05, 0.1) is 0 Å². The van der Waals surface area contributed by atoms with Crippen LogP contribution in [0.5, 0.6) is 0 Å². The molecule has 0 unspecified atom stereocenters. The van der Waals surface area contributed by atoms with Crippen molar-refractivity contribution in [2.75, 3.05) is 13.1 Å². The number of fused-ring (bicyclic) bond motifs is 1.